The van der Waals surface area contributed by atoms with E-state index < -0.39 is 17.6 Å². The first-order valence-corrected chi connectivity index (χ1v) is 7.96. The van der Waals surface area contributed by atoms with Gasteiger partial charge in [-0.05, 0) is 13.1 Å². The van der Waals surface area contributed by atoms with Gasteiger partial charge in [-0.1, -0.05) is 0 Å². The van der Waals surface area contributed by atoms with Crippen LogP contribution >= 0.6 is 0 Å². The van der Waals surface area contributed by atoms with Gasteiger partial charge in [0.1, 0.15) is 0 Å². The molecule has 0 bridgehead atoms. The van der Waals surface area contributed by atoms with Gasteiger partial charge < -0.3 is 22.2 Å². The smallest absolute Gasteiger partial charge is 0.398 e. The van der Waals surface area contributed by atoms with E-state index in [2.05, 4.69) is 0 Å². The average molecular weight is 212 g/mol. The molecule has 0 spiro atoms. The summed E-state index contributed by atoms with van der Waals surface area (Å²) in [6, 6.07) is 0. The van der Waals surface area contributed by atoms with E-state index in [1.54, 1.807) is 13.1 Å². The zero-order chi connectivity index (χ0) is 9.83. The van der Waals surface area contributed by atoms with Crippen LogP contribution in [-0.4, -0.2) is 43.7 Å². The molecule has 12 heavy (non-hydrogen) atoms. The van der Waals surface area contributed by atoms with Gasteiger partial charge in [0.15, 0.2) is 0 Å². The normalized spacial score (nSPS) is 13.5. The predicted molar refractivity (Wildman–Crippen MR) is 47.6 cm³/mol. The van der Waals surface area contributed by atoms with E-state index in [0.29, 0.717) is 0 Å². The van der Waals surface area contributed by atoms with E-state index in [0.717, 1.165) is 0 Å². The SMILES string of the molecule is CO[Si](C)(C)O[Si](O)(OC)OC. The first-order valence-electron chi connectivity index (χ1n) is 3.47. The largest absolute Gasteiger partial charge is 0.667 e. The lowest BCUT2D eigenvalue weighted by atomic mass is 11.8. The quantitative estimate of drug-likeness (QED) is 0.654. The summed E-state index contributed by atoms with van der Waals surface area (Å²) in [5.41, 5.74) is 0. The van der Waals surface area contributed by atoms with Gasteiger partial charge in [-0.2, -0.15) is 0 Å². The highest BCUT2D eigenvalue weighted by molar-refractivity contribution is 6.73. The summed E-state index contributed by atoms with van der Waals surface area (Å²) in [5.74, 6) is 0. The van der Waals surface area contributed by atoms with E-state index >= 15 is 0 Å². The molecule has 0 unspecified atom stereocenters. The van der Waals surface area contributed by atoms with Crippen LogP contribution in [0.3, 0.4) is 0 Å². The Morgan fingerprint density at radius 1 is 0.917 bits per heavy atom. The summed E-state index contributed by atoms with van der Waals surface area (Å²) >= 11 is 0. The topological polar surface area (TPSA) is 57.2 Å². The Morgan fingerprint density at radius 2 is 1.33 bits per heavy atom. The Bertz CT molecular complexity index is 136. The summed E-state index contributed by atoms with van der Waals surface area (Å²) in [4.78, 5) is 9.52. The van der Waals surface area contributed by atoms with Gasteiger partial charge in [0.2, 0.25) is 0 Å². The zero-order valence-corrected chi connectivity index (χ0v) is 10.1. The molecule has 0 radical (unpaired) electrons. The highest BCUT2D eigenvalue weighted by atomic mass is 28.5. The molecule has 0 fully saturated rings. The lowest BCUT2D eigenvalue weighted by Crippen LogP contribution is -2.53. The highest BCUT2D eigenvalue weighted by Crippen LogP contribution is 2.13. The number of rotatable bonds is 5. The maximum Gasteiger partial charge on any atom is 0.667 e. The van der Waals surface area contributed by atoms with Gasteiger partial charge in [-0.15, -0.1) is 0 Å². The fourth-order valence-electron chi connectivity index (χ4n) is 0.519. The molecule has 74 valence electrons. The van der Waals surface area contributed by atoms with Crippen LogP contribution in [-0.2, 0) is 17.4 Å². The molecular formula is C5H16O5Si2. The van der Waals surface area contributed by atoms with Gasteiger partial charge in [0.25, 0.3) is 0 Å². The van der Waals surface area contributed by atoms with E-state index in [9.17, 15) is 4.80 Å². The minimum absolute atomic E-state index is 1.34. The third-order valence-corrected chi connectivity index (χ3v) is 6.40. The standard InChI is InChI=1S/C5H16O5Si2/c1-7-11(4,5)10-12(6,8-2)9-3/h6H,1-5H3. The summed E-state index contributed by atoms with van der Waals surface area (Å²) in [6.07, 6.45) is 0. The van der Waals surface area contributed by atoms with Gasteiger partial charge in [-0.3, -0.25) is 0 Å². The van der Waals surface area contributed by atoms with Crippen molar-refractivity contribution in [2.24, 2.45) is 0 Å². The predicted octanol–water partition coefficient (Wildman–Crippen LogP) is 0.0719. The molecule has 0 rings (SSSR count). The molecule has 0 aliphatic carbocycles. The second kappa shape index (κ2) is 4.46. The molecule has 0 saturated heterocycles. The molecule has 1 N–H and O–H groups in total. The van der Waals surface area contributed by atoms with Gasteiger partial charge in [-0.25, -0.2) is 0 Å². The summed E-state index contributed by atoms with van der Waals surface area (Å²) < 4.78 is 19.8. The Balaban J connectivity index is 4.20. The Labute approximate surface area is 74.9 Å². The monoisotopic (exact) mass is 212 g/mol. The van der Waals surface area contributed by atoms with Crippen LogP contribution in [0, 0.1) is 0 Å². The van der Waals surface area contributed by atoms with Crippen LogP contribution in [0.15, 0.2) is 0 Å². The van der Waals surface area contributed by atoms with Gasteiger partial charge in [0, 0.05) is 21.3 Å². The lowest BCUT2D eigenvalue weighted by molar-refractivity contribution is 0.0580. The number of hydrogen-bond acceptors (Lipinski definition) is 5. The van der Waals surface area contributed by atoms with Crippen LogP contribution < -0.4 is 0 Å². The average Bonchev–Trinajstić information content (AvgIpc) is 2.04. The highest BCUT2D eigenvalue weighted by Gasteiger charge is 2.45. The zero-order valence-electron chi connectivity index (χ0n) is 8.08. The Morgan fingerprint density at radius 3 is 1.58 bits per heavy atom. The third kappa shape index (κ3) is 3.76. The Hall–Kier alpha value is 0.234. The fourth-order valence-corrected chi connectivity index (χ4v) is 4.17. The molecule has 0 saturated carbocycles. The van der Waals surface area contributed by atoms with Crippen LogP contribution in [0.4, 0.5) is 0 Å². The molecule has 0 aromatic rings. The van der Waals surface area contributed by atoms with Crippen molar-refractivity contribution >= 4 is 17.6 Å². The molecule has 0 aliphatic heterocycles. The fraction of sp³-hybridized carbons (Fsp3) is 1.00. The maximum absolute atomic E-state index is 9.52. The molecular weight excluding hydrogens is 196 g/mol. The maximum atomic E-state index is 9.52. The van der Waals surface area contributed by atoms with Crippen molar-refractivity contribution < 1.29 is 22.2 Å². The van der Waals surface area contributed by atoms with Crippen molar-refractivity contribution in [3.05, 3.63) is 0 Å². The second-order valence-electron chi connectivity index (χ2n) is 2.64. The summed E-state index contributed by atoms with van der Waals surface area (Å²) in [7, 11) is -1.49. The van der Waals surface area contributed by atoms with Crippen molar-refractivity contribution in [1.82, 2.24) is 0 Å². The summed E-state index contributed by atoms with van der Waals surface area (Å²) in [5, 5.41) is 0. The molecule has 0 aliphatic rings. The van der Waals surface area contributed by atoms with Crippen LogP contribution in [0.2, 0.25) is 13.1 Å². The number of hydrogen-bond donors (Lipinski definition) is 1. The van der Waals surface area contributed by atoms with Crippen molar-refractivity contribution in [2.45, 2.75) is 13.1 Å². The van der Waals surface area contributed by atoms with E-state index in [4.69, 9.17) is 17.4 Å². The molecule has 0 atom stereocenters. The molecule has 0 heterocycles. The van der Waals surface area contributed by atoms with Crippen LogP contribution in [0.5, 0.6) is 0 Å². The molecule has 0 amide bonds. The van der Waals surface area contributed by atoms with Gasteiger partial charge in [0.05, 0.1) is 0 Å². The van der Waals surface area contributed by atoms with Crippen molar-refractivity contribution in [3.63, 3.8) is 0 Å². The minimum atomic E-state index is -3.42. The van der Waals surface area contributed by atoms with E-state index in [1.807, 2.05) is 0 Å². The molecule has 0 aromatic heterocycles. The molecule has 0 aromatic carbocycles. The first-order chi connectivity index (χ1) is 5.39. The van der Waals surface area contributed by atoms with E-state index in [1.165, 1.54) is 21.3 Å². The first kappa shape index (κ1) is 12.2. The Kier molecular flexibility index (Phi) is 4.55. The van der Waals surface area contributed by atoms with Crippen molar-refractivity contribution in [2.75, 3.05) is 21.3 Å². The molecule has 5 nitrogen and oxygen atoms in total. The third-order valence-electron chi connectivity index (χ3n) is 1.38. The minimum Gasteiger partial charge on any atom is -0.398 e. The molecule has 7 heteroatoms. The van der Waals surface area contributed by atoms with Crippen LogP contribution in [0.1, 0.15) is 0 Å². The summed E-state index contributed by atoms with van der Waals surface area (Å²) in [6.45, 7) is 3.59. The van der Waals surface area contributed by atoms with Crippen molar-refractivity contribution in [1.29, 1.82) is 0 Å². The van der Waals surface area contributed by atoms with Crippen molar-refractivity contribution in [3.8, 4) is 0 Å². The van der Waals surface area contributed by atoms with Gasteiger partial charge >= 0.3 is 17.6 Å². The second-order valence-corrected chi connectivity index (χ2v) is 8.53. The van der Waals surface area contributed by atoms with E-state index in [-0.39, 0.29) is 0 Å². The van der Waals surface area contributed by atoms with Crippen LogP contribution in [0.25, 0.3) is 0 Å². The lowest BCUT2D eigenvalue weighted by Gasteiger charge is -2.28.